The van der Waals surface area contributed by atoms with Crippen LogP contribution < -0.4 is 4.90 Å². The van der Waals surface area contributed by atoms with Crippen LogP contribution in [0.5, 0.6) is 0 Å². The second kappa shape index (κ2) is 5.76. The maximum absolute atomic E-state index is 9.37. The zero-order chi connectivity index (χ0) is 15.9. The number of morpholine rings is 1. The quantitative estimate of drug-likeness (QED) is 0.617. The zero-order valence-electron chi connectivity index (χ0n) is 12.6. The van der Waals surface area contributed by atoms with Crippen LogP contribution in [0.15, 0.2) is 0 Å². The molecule has 1 aliphatic heterocycles. The summed E-state index contributed by atoms with van der Waals surface area (Å²) in [6.07, 6.45) is 2.16. The van der Waals surface area contributed by atoms with Gasteiger partial charge in [-0.25, -0.2) is 9.83 Å². The predicted octanol–water partition coefficient (Wildman–Crippen LogP) is 3.65. The number of anilines is 1. The molecular formula is C16H17ClN4O. The molecule has 2 fully saturated rings. The average molecular weight is 317 g/mol. The summed E-state index contributed by atoms with van der Waals surface area (Å²) in [6, 6.07) is 2.13. The van der Waals surface area contributed by atoms with Crippen LogP contribution in [0.3, 0.4) is 0 Å². The topological polar surface area (TPSA) is 53.5 Å². The Morgan fingerprint density at radius 1 is 1.36 bits per heavy atom. The molecule has 0 N–H and O–H groups in total. The number of halogens is 1. The van der Waals surface area contributed by atoms with Crippen LogP contribution in [0.1, 0.15) is 43.7 Å². The lowest BCUT2D eigenvalue weighted by Gasteiger charge is -2.37. The number of aromatic nitrogens is 1. The van der Waals surface area contributed by atoms with Crippen molar-refractivity contribution >= 4 is 23.1 Å². The van der Waals surface area contributed by atoms with E-state index in [1.807, 2.05) is 13.8 Å². The zero-order valence-corrected chi connectivity index (χ0v) is 13.4. The van der Waals surface area contributed by atoms with Gasteiger partial charge in [0.05, 0.1) is 24.3 Å². The molecule has 3 rings (SSSR count). The van der Waals surface area contributed by atoms with Gasteiger partial charge in [-0.1, -0.05) is 11.6 Å². The van der Waals surface area contributed by atoms with E-state index in [2.05, 4.69) is 20.8 Å². The first kappa shape index (κ1) is 15.1. The summed E-state index contributed by atoms with van der Waals surface area (Å²) in [7, 11) is 0. The number of nitrogens with zero attached hydrogens (tertiary/aromatic N) is 4. The smallest absolute Gasteiger partial charge is 0.233 e. The number of hydrogen-bond acceptors (Lipinski definition) is 4. The summed E-state index contributed by atoms with van der Waals surface area (Å²) < 4.78 is 5.74. The largest absolute Gasteiger partial charge is 0.372 e. The Bertz CT molecular complexity index is 677. The van der Waals surface area contributed by atoms with Gasteiger partial charge in [-0.05, 0) is 38.2 Å². The first-order valence-electron chi connectivity index (χ1n) is 7.46. The Hall–Kier alpha value is -1.82. The molecule has 0 amide bonds. The number of ether oxygens (including phenoxy) is 1. The van der Waals surface area contributed by atoms with Crippen molar-refractivity contribution in [3.8, 4) is 6.07 Å². The lowest BCUT2D eigenvalue weighted by molar-refractivity contribution is -0.00540. The second-order valence-electron chi connectivity index (χ2n) is 6.02. The van der Waals surface area contributed by atoms with Crippen molar-refractivity contribution in [2.75, 3.05) is 18.0 Å². The molecule has 2 unspecified atom stereocenters. The third-order valence-corrected chi connectivity index (χ3v) is 4.35. The molecule has 0 radical (unpaired) electrons. The molecule has 1 aromatic rings. The molecule has 0 aromatic carbocycles. The number of nitriles is 1. The van der Waals surface area contributed by atoms with Crippen LogP contribution in [0.25, 0.3) is 4.85 Å². The maximum atomic E-state index is 9.37. The number of pyridine rings is 1. The van der Waals surface area contributed by atoms with Gasteiger partial charge in [-0.2, -0.15) is 5.26 Å². The molecule has 1 aromatic heterocycles. The van der Waals surface area contributed by atoms with Crippen LogP contribution in [0.4, 0.5) is 11.5 Å². The van der Waals surface area contributed by atoms with E-state index < -0.39 is 0 Å². The van der Waals surface area contributed by atoms with Gasteiger partial charge in [0.2, 0.25) is 5.69 Å². The van der Waals surface area contributed by atoms with E-state index in [0.29, 0.717) is 30.2 Å². The number of rotatable bonds is 2. The molecule has 0 spiro atoms. The van der Waals surface area contributed by atoms with Gasteiger partial charge in [0.1, 0.15) is 17.0 Å². The highest BCUT2D eigenvalue weighted by atomic mass is 35.5. The van der Waals surface area contributed by atoms with Crippen molar-refractivity contribution in [1.29, 1.82) is 5.26 Å². The van der Waals surface area contributed by atoms with E-state index in [1.54, 1.807) is 0 Å². The molecule has 1 aliphatic carbocycles. The fourth-order valence-electron chi connectivity index (χ4n) is 3.11. The van der Waals surface area contributed by atoms with E-state index in [0.717, 1.165) is 18.4 Å². The Kier molecular flexibility index (Phi) is 3.95. The van der Waals surface area contributed by atoms with Crippen LogP contribution in [0, 0.1) is 17.9 Å². The van der Waals surface area contributed by atoms with Crippen molar-refractivity contribution in [3.05, 3.63) is 27.7 Å². The van der Waals surface area contributed by atoms with Crippen molar-refractivity contribution in [2.24, 2.45) is 0 Å². The van der Waals surface area contributed by atoms with Gasteiger partial charge in [0, 0.05) is 13.1 Å². The van der Waals surface area contributed by atoms with Gasteiger partial charge in [0.15, 0.2) is 0 Å². The normalized spacial score (nSPS) is 24.7. The van der Waals surface area contributed by atoms with Gasteiger partial charge < -0.3 is 9.64 Å². The highest BCUT2D eigenvalue weighted by molar-refractivity contribution is 6.31. The van der Waals surface area contributed by atoms with E-state index >= 15 is 0 Å². The molecule has 22 heavy (non-hydrogen) atoms. The second-order valence-corrected chi connectivity index (χ2v) is 6.38. The van der Waals surface area contributed by atoms with Crippen LogP contribution >= 0.6 is 11.6 Å². The average Bonchev–Trinajstić information content (AvgIpc) is 3.29. The van der Waals surface area contributed by atoms with Crippen LogP contribution in [-0.2, 0) is 4.74 Å². The summed E-state index contributed by atoms with van der Waals surface area (Å²) in [5, 5.41) is 9.58. The summed E-state index contributed by atoms with van der Waals surface area (Å²) in [4.78, 5) is 10.1. The SMILES string of the molecule is [C-]#[N+]c1c(N2CC(C)OC(C)C2)nc(Cl)c(C#N)c1C1CC1. The lowest BCUT2D eigenvalue weighted by Crippen LogP contribution is -2.46. The maximum Gasteiger partial charge on any atom is 0.233 e. The first-order valence-corrected chi connectivity index (χ1v) is 7.84. The van der Waals surface area contributed by atoms with Crippen molar-refractivity contribution in [2.45, 2.75) is 44.8 Å². The third kappa shape index (κ3) is 2.63. The molecule has 5 nitrogen and oxygen atoms in total. The van der Waals surface area contributed by atoms with E-state index in [1.165, 1.54) is 0 Å². The Morgan fingerprint density at radius 2 is 2.00 bits per heavy atom. The predicted molar refractivity (Wildman–Crippen MR) is 84.4 cm³/mol. The van der Waals surface area contributed by atoms with Gasteiger partial charge >= 0.3 is 0 Å². The summed E-state index contributed by atoms with van der Waals surface area (Å²) in [5.74, 6) is 0.872. The Balaban J connectivity index is 2.12. The molecular weight excluding hydrogens is 300 g/mol. The fraction of sp³-hybridized carbons (Fsp3) is 0.562. The van der Waals surface area contributed by atoms with Crippen molar-refractivity contribution < 1.29 is 4.74 Å². The van der Waals surface area contributed by atoms with E-state index in [-0.39, 0.29) is 23.3 Å². The Morgan fingerprint density at radius 3 is 2.50 bits per heavy atom. The van der Waals surface area contributed by atoms with Gasteiger partial charge in [-0.15, -0.1) is 0 Å². The molecule has 114 valence electrons. The summed E-state index contributed by atoms with van der Waals surface area (Å²) in [5.41, 5.74) is 1.65. The number of hydrogen-bond donors (Lipinski definition) is 0. The summed E-state index contributed by atoms with van der Waals surface area (Å²) >= 11 is 6.23. The van der Waals surface area contributed by atoms with Gasteiger partial charge in [-0.3, -0.25) is 0 Å². The Labute approximate surface area is 135 Å². The monoisotopic (exact) mass is 316 g/mol. The van der Waals surface area contributed by atoms with E-state index in [4.69, 9.17) is 22.9 Å². The molecule has 0 bridgehead atoms. The fourth-order valence-corrected chi connectivity index (χ4v) is 3.33. The first-order chi connectivity index (χ1) is 10.5. The summed E-state index contributed by atoms with van der Waals surface area (Å²) in [6.45, 7) is 12.9. The van der Waals surface area contributed by atoms with Gasteiger partial charge in [0.25, 0.3) is 0 Å². The molecule has 6 heteroatoms. The lowest BCUT2D eigenvalue weighted by atomic mass is 10.0. The highest BCUT2D eigenvalue weighted by Crippen LogP contribution is 2.50. The molecule has 2 atom stereocenters. The van der Waals surface area contributed by atoms with Crippen LogP contribution in [0.2, 0.25) is 5.15 Å². The highest BCUT2D eigenvalue weighted by Gasteiger charge is 2.34. The minimum Gasteiger partial charge on any atom is -0.372 e. The molecule has 2 heterocycles. The molecule has 2 aliphatic rings. The third-order valence-electron chi connectivity index (χ3n) is 4.07. The van der Waals surface area contributed by atoms with E-state index in [9.17, 15) is 5.26 Å². The minimum atomic E-state index is 0.0722. The van der Waals surface area contributed by atoms with Crippen LogP contribution in [-0.4, -0.2) is 30.3 Å². The minimum absolute atomic E-state index is 0.0722. The van der Waals surface area contributed by atoms with Crippen molar-refractivity contribution in [3.63, 3.8) is 0 Å². The van der Waals surface area contributed by atoms with Crippen molar-refractivity contribution in [1.82, 2.24) is 4.98 Å². The molecule has 1 saturated carbocycles. The molecule has 1 saturated heterocycles. The standard InChI is InChI=1S/C16H17ClN4O/c1-9-7-21(8-10(2)22-9)16-14(19-3)13(11-4-5-11)12(6-18)15(17)20-16/h9-11H,4-5,7-8H2,1-2H3.